The van der Waals surface area contributed by atoms with Crippen molar-refractivity contribution in [1.82, 2.24) is 20.1 Å². The van der Waals surface area contributed by atoms with Crippen LogP contribution in [0.2, 0.25) is 0 Å². The van der Waals surface area contributed by atoms with Crippen molar-refractivity contribution in [2.24, 2.45) is 5.92 Å². The molecule has 2 bridgehead atoms. The van der Waals surface area contributed by atoms with Crippen molar-refractivity contribution >= 4 is 28.6 Å². The van der Waals surface area contributed by atoms with Gasteiger partial charge in [0.15, 0.2) is 0 Å². The Bertz CT molecular complexity index is 1040. The highest BCUT2D eigenvalue weighted by molar-refractivity contribution is 7.13. The van der Waals surface area contributed by atoms with E-state index in [0.717, 1.165) is 27.4 Å². The number of hydrogen-bond donors (Lipinski definition) is 1. The number of carbonyl (C=O) groups excluding carboxylic acids is 1. The highest BCUT2D eigenvalue weighted by Crippen LogP contribution is 2.50. The van der Waals surface area contributed by atoms with E-state index in [-0.39, 0.29) is 18.0 Å². The lowest BCUT2D eigenvalue weighted by Gasteiger charge is -2.42. The van der Waals surface area contributed by atoms with Crippen molar-refractivity contribution in [3.05, 3.63) is 46.0 Å². The van der Waals surface area contributed by atoms with Crippen molar-refractivity contribution in [3.63, 3.8) is 0 Å². The summed E-state index contributed by atoms with van der Waals surface area (Å²) in [6, 6.07) is 4.68. The standard InChI is InChI=1S/C20H19N5OS2/c1-12-4-15-6-20(11-21,19-22-2-3-27-19)7-16(12)25(15)18(26)13-5-17(28-10-13)14-8-23-24-9-14/h2-3,5,8-10,12,15-16H,4,6-7H2,1H3,(H,23,24). The van der Waals surface area contributed by atoms with E-state index in [9.17, 15) is 10.1 Å². The molecule has 3 aromatic rings. The Labute approximate surface area is 170 Å². The summed E-state index contributed by atoms with van der Waals surface area (Å²) >= 11 is 3.11. The van der Waals surface area contributed by atoms with Crippen molar-refractivity contribution in [1.29, 1.82) is 5.26 Å². The molecule has 4 unspecified atom stereocenters. The number of H-pyrrole nitrogens is 1. The molecule has 5 heterocycles. The number of rotatable bonds is 3. The van der Waals surface area contributed by atoms with Gasteiger partial charge in [-0.3, -0.25) is 9.89 Å². The largest absolute Gasteiger partial charge is 0.332 e. The molecule has 0 spiro atoms. The number of thiazole rings is 1. The number of aromatic amines is 1. The van der Waals surface area contributed by atoms with Gasteiger partial charge in [0.05, 0.1) is 17.8 Å². The highest BCUT2D eigenvalue weighted by Gasteiger charge is 2.55. The molecule has 5 rings (SSSR count). The predicted molar refractivity (Wildman–Crippen MR) is 108 cm³/mol. The van der Waals surface area contributed by atoms with E-state index in [1.807, 2.05) is 23.0 Å². The number of carbonyl (C=O) groups is 1. The fourth-order valence-electron chi connectivity index (χ4n) is 4.79. The summed E-state index contributed by atoms with van der Waals surface area (Å²) in [6.07, 6.45) is 7.65. The smallest absolute Gasteiger partial charge is 0.255 e. The first kappa shape index (κ1) is 17.6. The maximum absolute atomic E-state index is 13.4. The van der Waals surface area contributed by atoms with Crippen LogP contribution in [0.3, 0.4) is 0 Å². The number of piperidine rings is 1. The van der Waals surface area contributed by atoms with Crippen LogP contribution < -0.4 is 0 Å². The van der Waals surface area contributed by atoms with Crippen LogP contribution in [0.1, 0.15) is 41.6 Å². The zero-order valence-electron chi connectivity index (χ0n) is 15.3. The van der Waals surface area contributed by atoms with Gasteiger partial charge in [0.25, 0.3) is 5.91 Å². The van der Waals surface area contributed by atoms with Gasteiger partial charge in [-0.25, -0.2) is 4.98 Å². The first-order chi connectivity index (χ1) is 13.6. The zero-order chi connectivity index (χ0) is 19.3. The third-order valence-electron chi connectivity index (χ3n) is 6.11. The number of amides is 1. The Morgan fingerprint density at radius 2 is 2.32 bits per heavy atom. The van der Waals surface area contributed by atoms with Gasteiger partial charge >= 0.3 is 0 Å². The van der Waals surface area contributed by atoms with Crippen LogP contribution in [0.15, 0.2) is 35.4 Å². The molecule has 2 aliphatic rings. The number of nitriles is 1. The maximum atomic E-state index is 13.4. The molecule has 0 radical (unpaired) electrons. The summed E-state index contributed by atoms with van der Waals surface area (Å²) in [5.41, 5.74) is 1.15. The summed E-state index contributed by atoms with van der Waals surface area (Å²) < 4.78 is 0. The van der Waals surface area contributed by atoms with Crippen LogP contribution in [0, 0.1) is 17.2 Å². The molecule has 1 N–H and O–H groups in total. The van der Waals surface area contributed by atoms with Gasteiger partial charge in [0.2, 0.25) is 0 Å². The molecule has 0 saturated carbocycles. The molecule has 2 saturated heterocycles. The van der Waals surface area contributed by atoms with Gasteiger partial charge in [-0.2, -0.15) is 10.4 Å². The Hall–Kier alpha value is -2.50. The minimum Gasteiger partial charge on any atom is -0.332 e. The average molecular weight is 410 g/mol. The lowest BCUT2D eigenvalue weighted by Crippen LogP contribution is -2.52. The van der Waals surface area contributed by atoms with Crippen molar-refractivity contribution in [3.8, 4) is 16.5 Å². The monoisotopic (exact) mass is 409 g/mol. The summed E-state index contributed by atoms with van der Waals surface area (Å²) in [5, 5.41) is 21.6. The van der Waals surface area contributed by atoms with Crippen LogP contribution in [-0.2, 0) is 5.41 Å². The second kappa shape index (κ2) is 6.54. The van der Waals surface area contributed by atoms with Crippen molar-refractivity contribution in [2.45, 2.75) is 43.7 Å². The molecule has 2 fully saturated rings. The molecular formula is C20H19N5OS2. The van der Waals surface area contributed by atoms with E-state index < -0.39 is 5.41 Å². The number of hydrogen-bond acceptors (Lipinski definition) is 6. The molecular weight excluding hydrogens is 390 g/mol. The SMILES string of the molecule is CC1CC2CC(C#N)(c3nccs3)CC1N2C(=O)c1csc(-c2cn[nH]c2)c1. The zero-order valence-corrected chi connectivity index (χ0v) is 17.0. The van der Waals surface area contributed by atoms with Crippen LogP contribution in [0.25, 0.3) is 10.4 Å². The fourth-order valence-corrected chi connectivity index (χ4v) is 6.47. The Balaban J connectivity index is 1.44. The maximum Gasteiger partial charge on any atom is 0.255 e. The van der Waals surface area contributed by atoms with E-state index in [1.54, 1.807) is 35.1 Å². The number of nitrogens with zero attached hydrogens (tertiary/aromatic N) is 4. The summed E-state index contributed by atoms with van der Waals surface area (Å²) in [4.78, 5) is 20.9. The summed E-state index contributed by atoms with van der Waals surface area (Å²) in [7, 11) is 0. The number of aromatic nitrogens is 3. The van der Waals surface area contributed by atoms with Gasteiger partial charge in [-0.1, -0.05) is 6.92 Å². The second-order valence-corrected chi connectivity index (χ2v) is 9.58. The normalized spacial score (nSPS) is 29.0. The molecule has 0 aromatic carbocycles. The van der Waals surface area contributed by atoms with Crippen LogP contribution in [0.5, 0.6) is 0 Å². The van der Waals surface area contributed by atoms with Crippen LogP contribution in [0.4, 0.5) is 0 Å². The van der Waals surface area contributed by atoms with Gasteiger partial charge in [0, 0.05) is 45.7 Å². The third kappa shape index (κ3) is 2.61. The lowest BCUT2D eigenvalue weighted by atomic mass is 9.76. The van der Waals surface area contributed by atoms with E-state index in [1.165, 1.54) is 0 Å². The Morgan fingerprint density at radius 1 is 1.43 bits per heavy atom. The topological polar surface area (TPSA) is 85.7 Å². The van der Waals surface area contributed by atoms with Crippen LogP contribution >= 0.6 is 22.7 Å². The van der Waals surface area contributed by atoms with Gasteiger partial charge in [0.1, 0.15) is 10.4 Å². The molecule has 8 heteroatoms. The second-order valence-electron chi connectivity index (χ2n) is 7.77. The number of nitrogens with one attached hydrogen (secondary N) is 1. The van der Waals surface area contributed by atoms with Gasteiger partial charge in [-0.15, -0.1) is 22.7 Å². The molecule has 1 amide bonds. The Morgan fingerprint density at radius 3 is 3.00 bits per heavy atom. The predicted octanol–water partition coefficient (Wildman–Crippen LogP) is 4.07. The average Bonchev–Trinajstić information content (AvgIpc) is 3.49. The summed E-state index contributed by atoms with van der Waals surface area (Å²) in [5.74, 6) is 0.465. The minimum absolute atomic E-state index is 0.0760. The third-order valence-corrected chi connectivity index (χ3v) is 8.07. The molecule has 2 aliphatic heterocycles. The van der Waals surface area contributed by atoms with Crippen LogP contribution in [-0.4, -0.2) is 38.1 Å². The molecule has 3 aromatic heterocycles. The van der Waals surface area contributed by atoms with Crippen molar-refractivity contribution < 1.29 is 4.79 Å². The highest BCUT2D eigenvalue weighted by atomic mass is 32.1. The molecule has 6 nitrogen and oxygen atoms in total. The van der Waals surface area contributed by atoms with E-state index in [4.69, 9.17) is 0 Å². The van der Waals surface area contributed by atoms with Gasteiger partial charge in [-0.05, 0) is 31.2 Å². The minimum atomic E-state index is -0.568. The van der Waals surface area contributed by atoms with E-state index in [0.29, 0.717) is 18.8 Å². The van der Waals surface area contributed by atoms with E-state index >= 15 is 0 Å². The number of fused-ring (bicyclic) bond motifs is 2. The summed E-state index contributed by atoms with van der Waals surface area (Å²) in [6.45, 7) is 2.20. The van der Waals surface area contributed by atoms with Gasteiger partial charge < -0.3 is 4.90 Å². The molecule has 0 aliphatic carbocycles. The van der Waals surface area contributed by atoms with E-state index in [2.05, 4.69) is 33.1 Å². The quantitative estimate of drug-likeness (QED) is 0.706. The lowest BCUT2D eigenvalue weighted by molar-refractivity contribution is 0.0504. The van der Waals surface area contributed by atoms with Crippen molar-refractivity contribution in [2.75, 3.05) is 0 Å². The first-order valence-electron chi connectivity index (χ1n) is 9.33. The first-order valence-corrected chi connectivity index (χ1v) is 11.1. The fraction of sp³-hybridized carbons (Fsp3) is 0.400. The molecule has 28 heavy (non-hydrogen) atoms. The Kier molecular flexibility index (Phi) is 4.11. The number of thiophene rings is 1. The molecule has 4 atom stereocenters. The molecule has 142 valence electrons.